The summed E-state index contributed by atoms with van der Waals surface area (Å²) >= 11 is 0. The summed E-state index contributed by atoms with van der Waals surface area (Å²) in [5.74, 6) is 0.0780. The van der Waals surface area contributed by atoms with E-state index in [0.29, 0.717) is 36.0 Å². The number of benzene rings is 2. The molecular weight excluding hydrogens is 322 g/mol. The van der Waals surface area contributed by atoms with Crippen molar-refractivity contribution >= 4 is 17.6 Å². The zero-order chi connectivity index (χ0) is 17.9. The van der Waals surface area contributed by atoms with E-state index in [1.165, 1.54) is 6.92 Å². The summed E-state index contributed by atoms with van der Waals surface area (Å²) in [6.07, 6.45) is 0. The number of nitrogens with one attached hydrogen (secondary N) is 1. The second kappa shape index (κ2) is 6.94. The lowest BCUT2D eigenvalue weighted by Crippen LogP contribution is -2.18. The van der Waals surface area contributed by atoms with Gasteiger partial charge in [-0.2, -0.15) is 0 Å². The number of hydrogen-bond acceptors (Lipinski definition) is 5. The number of esters is 1. The van der Waals surface area contributed by atoms with Gasteiger partial charge in [0.1, 0.15) is 23.7 Å². The van der Waals surface area contributed by atoms with Crippen LogP contribution in [-0.4, -0.2) is 30.7 Å². The van der Waals surface area contributed by atoms with Crippen LogP contribution in [0.2, 0.25) is 0 Å². The van der Waals surface area contributed by atoms with E-state index < -0.39 is 5.97 Å². The predicted octanol–water partition coefficient (Wildman–Crippen LogP) is 3.03. The lowest BCUT2D eigenvalue weighted by atomic mass is 10.2. The van der Waals surface area contributed by atoms with Crippen LogP contribution in [0.1, 0.15) is 24.2 Å². The fourth-order valence-corrected chi connectivity index (χ4v) is 2.16. The van der Waals surface area contributed by atoms with Gasteiger partial charge < -0.3 is 19.5 Å². The molecule has 6 heteroatoms. The molecule has 0 radical (unpaired) electrons. The predicted molar refractivity (Wildman–Crippen MR) is 92.0 cm³/mol. The summed E-state index contributed by atoms with van der Waals surface area (Å²) in [5.41, 5.74) is 0.663. The van der Waals surface area contributed by atoms with E-state index in [2.05, 4.69) is 5.32 Å². The molecule has 1 fully saturated rings. The minimum atomic E-state index is -0.462. The van der Waals surface area contributed by atoms with E-state index in [9.17, 15) is 9.59 Å². The van der Waals surface area contributed by atoms with Crippen molar-refractivity contribution in [1.29, 1.82) is 0 Å². The Morgan fingerprint density at radius 3 is 2.56 bits per heavy atom. The van der Waals surface area contributed by atoms with Gasteiger partial charge >= 0.3 is 5.97 Å². The quantitative estimate of drug-likeness (QED) is 0.496. The first-order valence-corrected chi connectivity index (χ1v) is 7.91. The normalized spacial score (nSPS) is 18.3. The molecule has 0 aromatic heterocycles. The van der Waals surface area contributed by atoms with Gasteiger partial charge in [0.15, 0.2) is 0 Å². The third-order valence-corrected chi connectivity index (χ3v) is 3.65. The molecule has 1 amide bonds. The second-order valence-electron chi connectivity index (χ2n) is 6.12. The Hall–Kier alpha value is -2.86. The van der Waals surface area contributed by atoms with E-state index in [0.717, 1.165) is 0 Å². The van der Waals surface area contributed by atoms with Crippen molar-refractivity contribution in [2.45, 2.75) is 19.4 Å². The van der Waals surface area contributed by atoms with Crippen LogP contribution in [0.5, 0.6) is 11.5 Å². The van der Waals surface area contributed by atoms with Crippen LogP contribution < -0.4 is 14.8 Å². The number of epoxide rings is 1. The minimum Gasteiger partial charge on any atom is -0.488 e. The molecule has 1 N–H and O–H groups in total. The van der Waals surface area contributed by atoms with Gasteiger partial charge in [-0.25, -0.2) is 4.79 Å². The summed E-state index contributed by atoms with van der Waals surface area (Å²) in [5, 5.41) is 2.70. The average Bonchev–Trinajstić information content (AvgIpc) is 3.33. The number of rotatable bonds is 6. The molecule has 1 aliphatic heterocycles. The molecule has 2 aromatic rings. The van der Waals surface area contributed by atoms with Crippen molar-refractivity contribution < 1.29 is 23.8 Å². The van der Waals surface area contributed by atoms with Gasteiger partial charge in [0.2, 0.25) is 5.91 Å². The Labute approximate surface area is 145 Å². The number of hydrogen-bond donors (Lipinski definition) is 1. The minimum absolute atomic E-state index is 0.215. The summed E-state index contributed by atoms with van der Waals surface area (Å²) in [4.78, 5) is 23.5. The van der Waals surface area contributed by atoms with E-state index >= 15 is 0 Å². The SMILES string of the molecule is CC(=O)Nc1ccc(OC(=O)c2ccccc2)cc1OCC1(C)CO1. The molecule has 6 nitrogen and oxygen atoms in total. The van der Waals surface area contributed by atoms with Crippen LogP contribution >= 0.6 is 0 Å². The number of carbonyl (C=O) groups excluding carboxylic acids is 2. The van der Waals surface area contributed by atoms with Gasteiger partial charge in [-0.15, -0.1) is 0 Å². The van der Waals surface area contributed by atoms with Crippen LogP contribution in [0, 0.1) is 0 Å². The third kappa shape index (κ3) is 4.58. The topological polar surface area (TPSA) is 77.2 Å². The summed E-state index contributed by atoms with van der Waals surface area (Å²) in [6.45, 7) is 4.32. The first kappa shape index (κ1) is 17.0. The summed E-state index contributed by atoms with van der Waals surface area (Å²) in [6, 6.07) is 13.5. The van der Waals surface area contributed by atoms with Gasteiger partial charge in [0.05, 0.1) is 17.9 Å². The summed E-state index contributed by atoms with van der Waals surface area (Å²) in [7, 11) is 0. The van der Waals surface area contributed by atoms with Crippen molar-refractivity contribution in [3.05, 3.63) is 54.1 Å². The first-order valence-electron chi connectivity index (χ1n) is 7.91. The number of anilines is 1. The molecule has 3 rings (SSSR count). The highest BCUT2D eigenvalue weighted by molar-refractivity contribution is 5.92. The van der Waals surface area contributed by atoms with Crippen molar-refractivity contribution in [3.8, 4) is 11.5 Å². The van der Waals surface area contributed by atoms with Gasteiger partial charge in [-0.05, 0) is 31.2 Å². The Kier molecular flexibility index (Phi) is 4.72. The van der Waals surface area contributed by atoms with Crippen LogP contribution in [0.25, 0.3) is 0 Å². The average molecular weight is 341 g/mol. The second-order valence-corrected chi connectivity index (χ2v) is 6.12. The Balaban J connectivity index is 1.77. The Morgan fingerprint density at radius 1 is 1.20 bits per heavy atom. The number of ether oxygens (including phenoxy) is 3. The lowest BCUT2D eigenvalue weighted by Gasteiger charge is -2.15. The zero-order valence-corrected chi connectivity index (χ0v) is 14.1. The van der Waals surface area contributed by atoms with Gasteiger partial charge in [-0.1, -0.05) is 18.2 Å². The maximum Gasteiger partial charge on any atom is 0.343 e. The molecule has 1 saturated heterocycles. The Bertz CT molecular complexity index is 784. The maximum absolute atomic E-state index is 12.2. The fourth-order valence-electron chi connectivity index (χ4n) is 2.16. The maximum atomic E-state index is 12.2. The van der Waals surface area contributed by atoms with E-state index in [-0.39, 0.29) is 11.5 Å². The molecule has 130 valence electrons. The first-order chi connectivity index (χ1) is 12.0. The molecule has 1 heterocycles. The van der Waals surface area contributed by atoms with E-state index in [4.69, 9.17) is 14.2 Å². The van der Waals surface area contributed by atoms with Crippen LogP contribution in [0.15, 0.2) is 48.5 Å². The van der Waals surface area contributed by atoms with Gasteiger partial charge in [-0.3, -0.25) is 4.79 Å². The molecule has 1 unspecified atom stereocenters. The van der Waals surface area contributed by atoms with Crippen LogP contribution in [0.4, 0.5) is 5.69 Å². The molecule has 1 aliphatic rings. The van der Waals surface area contributed by atoms with E-state index in [1.807, 2.05) is 13.0 Å². The standard InChI is InChI=1S/C19H19NO5/c1-13(21)20-16-9-8-15(10-17(16)23-11-19(2)12-24-19)25-18(22)14-6-4-3-5-7-14/h3-10H,11-12H2,1-2H3,(H,20,21). The molecule has 2 aromatic carbocycles. The molecule has 25 heavy (non-hydrogen) atoms. The van der Waals surface area contributed by atoms with Crippen LogP contribution in [-0.2, 0) is 9.53 Å². The number of carbonyl (C=O) groups is 2. The zero-order valence-electron chi connectivity index (χ0n) is 14.1. The highest BCUT2D eigenvalue weighted by Gasteiger charge is 2.40. The molecule has 0 bridgehead atoms. The van der Waals surface area contributed by atoms with E-state index in [1.54, 1.807) is 42.5 Å². The molecule has 1 atom stereocenters. The van der Waals surface area contributed by atoms with Crippen molar-refractivity contribution in [1.82, 2.24) is 0 Å². The van der Waals surface area contributed by atoms with Crippen molar-refractivity contribution in [2.24, 2.45) is 0 Å². The van der Waals surface area contributed by atoms with Crippen molar-refractivity contribution in [3.63, 3.8) is 0 Å². The summed E-state index contributed by atoms with van der Waals surface area (Å²) < 4.78 is 16.4. The lowest BCUT2D eigenvalue weighted by molar-refractivity contribution is -0.114. The highest BCUT2D eigenvalue weighted by Crippen LogP contribution is 2.33. The molecule has 0 aliphatic carbocycles. The van der Waals surface area contributed by atoms with Gasteiger partial charge in [0, 0.05) is 13.0 Å². The monoisotopic (exact) mass is 341 g/mol. The van der Waals surface area contributed by atoms with Crippen molar-refractivity contribution in [2.75, 3.05) is 18.5 Å². The Morgan fingerprint density at radius 2 is 1.92 bits per heavy atom. The number of amides is 1. The smallest absolute Gasteiger partial charge is 0.343 e. The fraction of sp³-hybridized carbons (Fsp3) is 0.263. The highest BCUT2D eigenvalue weighted by atomic mass is 16.6. The molecular formula is C19H19NO5. The van der Waals surface area contributed by atoms with Gasteiger partial charge in [0.25, 0.3) is 0 Å². The largest absolute Gasteiger partial charge is 0.488 e. The third-order valence-electron chi connectivity index (χ3n) is 3.65. The van der Waals surface area contributed by atoms with Crippen LogP contribution in [0.3, 0.4) is 0 Å². The molecule has 0 saturated carbocycles. The molecule has 0 spiro atoms.